The maximum atomic E-state index is 13.4. The molecule has 0 aliphatic carbocycles. The van der Waals surface area contributed by atoms with Gasteiger partial charge in [0.2, 0.25) is 0 Å². The number of carbonyl (C=O) groups excluding carboxylic acids is 1. The zero-order valence-electron chi connectivity index (χ0n) is 12.4. The van der Waals surface area contributed by atoms with E-state index in [4.69, 9.17) is 0 Å². The molecule has 0 bridgehead atoms. The average Bonchev–Trinajstić information content (AvgIpc) is 2.98. The molecule has 2 N–H and O–H groups in total. The third-order valence-corrected chi connectivity index (χ3v) is 4.41. The highest BCUT2D eigenvalue weighted by Crippen LogP contribution is 2.21. The summed E-state index contributed by atoms with van der Waals surface area (Å²) in [5.41, 5.74) is 1.54. The minimum Gasteiger partial charge on any atom is -0.338 e. The molecule has 0 fully saturated rings. The summed E-state index contributed by atoms with van der Waals surface area (Å²) in [6.45, 7) is 0.761. The molecule has 118 valence electrons. The summed E-state index contributed by atoms with van der Waals surface area (Å²) in [5, 5.41) is 6.34. The Kier molecular flexibility index (Phi) is 4.83. The van der Waals surface area contributed by atoms with E-state index >= 15 is 0 Å². The number of amides is 2. The molecule has 3 rings (SSSR count). The van der Waals surface area contributed by atoms with Crippen molar-refractivity contribution >= 4 is 27.6 Å². The smallest absolute Gasteiger partial charge is 0.315 e. The number of rotatable bonds is 5. The van der Waals surface area contributed by atoms with Crippen LogP contribution in [0.4, 0.5) is 9.18 Å². The van der Waals surface area contributed by atoms with Crippen LogP contribution in [0.5, 0.6) is 0 Å². The van der Waals surface area contributed by atoms with Crippen molar-refractivity contribution in [3.63, 3.8) is 0 Å². The highest BCUT2D eigenvalue weighted by Gasteiger charge is 2.06. The number of hydrogen-bond acceptors (Lipinski definition) is 3. The molecular formula is C17H16FN3OS. The van der Waals surface area contributed by atoms with E-state index in [1.165, 1.54) is 6.07 Å². The number of hydrogen-bond donors (Lipinski definition) is 2. The van der Waals surface area contributed by atoms with Crippen molar-refractivity contribution in [1.29, 1.82) is 0 Å². The molecule has 0 unspecified atom stereocenters. The van der Waals surface area contributed by atoms with Gasteiger partial charge < -0.3 is 10.6 Å². The van der Waals surface area contributed by atoms with E-state index in [9.17, 15) is 9.18 Å². The van der Waals surface area contributed by atoms with Crippen LogP contribution < -0.4 is 10.6 Å². The van der Waals surface area contributed by atoms with Gasteiger partial charge in [-0.2, -0.15) is 0 Å². The zero-order chi connectivity index (χ0) is 16.1. The fourth-order valence-electron chi connectivity index (χ4n) is 2.23. The molecule has 6 heteroatoms. The predicted molar refractivity (Wildman–Crippen MR) is 90.0 cm³/mol. The second-order valence-corrected chi connectivity index (χ2v) is 6.14. The number of urea groups is 1. The summed E-state index contributed by atoms with van der Waals surface area (Å²) >= 11 is 1.56. The molecule has 0 saturated heterocycles. The predicted octanol–water partition coefficient (Wildman–Crippen LogP) is 3.48. The molecule has 0 atom stereocenters. The first-order valence-electron chi connectivity index (χ1n) is 7.32. The van der Waals surface area contributed by atoms with Gasteiger partial charge in [-0.05, 0) is 30.2 Å². The summed E-state index contributed by atoms with van der Waals surface area (Å²) in [6.07, 6.45) is 0.460. The van der Waals surface area contributed by atoms with Gasteiger partial charge in [0.1, 0.15) is 10.8 Å². The van der Waals surface area contributed by atoms with Crippen molar-refractivity contribution in [2.45, 2.75) is 13.0 Å². The van der Waals surface area contributed by atoms with Crippen LogP contribution in [0.15, 0.2) is 48.5 Å². The van der Waals surface area contributed by atoms with Gasteiger partial charge in [-0.15, -0.1) is 11.3 Å². The lowest BCUT2D eigenvalue weighted by Gasteiger charge is -2.07. The van der Waals surface area contributed by atoms with E-state index < -0.39 is 0 Å². The van der Waals surface area contributed by atoms with Crippen LogP contribution in [0.2, 0.25) is 0 Å². The highest BCUT2D eigenvalue weighted by molar-refractivity contribution is 7.18. The molecule has 2 aromatic carbocycles. The third kappa shape index (κ3) is 4.04. The third-order valence-electron chi connectivity index (χ3n) is 3.38. The number of halogens is 1. The van der Waals surface area contributed by atoms with Gasteiger partial charge in [-0.1, -0.05) is 30.3 Å². The Morgan fingerprint density at radius 1 is 1.09 bits per heavy atom. The highest BCUT2D eigenvalue weighted by atomic mass is 32.1. The van der Waals surface area contributed by atoms with Gasteiger partial charge in [0.15, 0.2) is 0 Å². The Labute approximate surface area is 137 Å². The first kappa shape index (κ1) is 15.4. The van der Waals surface area contributed by atoms with Crippen LogP contribution in [0, 0.1) is 5.82 Å². The van der Waals surface area contributed by atoms with Gasteiger partial charge >= 0.3 is 6.03 Å². The largest absolute Gasteiger partial charge is 0.338 e. The number of fused-ring (bicyclic) bond motifs is 1. The second-order valence-electron chi connectivity index (χ2n) is 5.03. The number of benzene rings is 2. The summed E-state index contributed by atoms with van der Waals surface area (Å²) in [6, 6.07) is 14.2. The zero-order valence-corrected chi connectivity index (χ0v) is 13.2. The normalized spacial score (nSPS) is 10.7. The number of carbonyl (C=O) groups is 1. The maximum absolute atomic E-state index is 13.4. The monoisotopic (exact) mass is 329 g/mol. The van der Waals surface area contributed by atoms with Gasteiger partial charge in [0.05, 0.1) is 16.8 Å². The maximum Gasteiger partial charge on any atom is 0.315 e. The Morgan fingerprint density at radius 3 is 2.70 bits per heavy atom. The Hall–Kier alpha value is -2.47. The van der Waals surface area contributed by atoms with Crippen molar-refractivity contribution in [1.82, 2.24) is 15.6 Å². The van der Waals surface area contributed by atoms with E-state index in [1.54, 1.807) is 29.5 Å². The summed E-state index contributed by atoms with van der Waals surface area (Å²) < 4.78 is 14.6. The van der Waals surface area contributed by atoms with Crippen LogP contribution in [0.3, 0.4) is 0 Å². The molecule has 23 heavy (non-hydrogen) atoms. The lowest BCUT2D eigenvalue weighted by Crippen LogP contribution is -2.36. The first-order chi connectivity index (χ1) is 11.2. The molecular weight excluding hydrogens is 313 g/mol. The van der Waals surface area contributed by atoms with Crippen LogP contribution in [0.1, 0.15) is 10.6 Å². The van der Waals surface area contributed by atoms with E-state index in [0.717, 1.165) is 15.2 Å². The number of aromatic nitrogens is 1. The number of para-hydroxylation sites is 1. The molecule has 0 aliphatic rings. The summed E-state index contributed by atoms with van der Waals surface area (Å²) in [5.74, 6) is -0.246. The van der Waals surface area contributed by atoms with Crippen molar-refractivity contribution in [3.8, 4) is 0 Å². The molecule has 0 saturated carbocycles. The van der Waals surface area contributed by atoms with E-state index in [1.807, 2.05) is 24.3 Å². The number of nitrogens with zero attached hydrogens (tertiary/aromatic N) is 1. The van der Waals surface area contributed by atoms with Gasteiger partial charge in [-0.25, -0.2) is 14.2 Å². The molecule has 3 aromatic rings. The van der Waals surface area contributed by atoms with Crippen LogP contribution in [-0.4, -0.2) is 17.6 Å². The standard InChI is InChI=1S/C17H16FN3OS/c18-13-6-2-1-5-12(13)9-10-19-17(22)20-11-16-21-14-7-3-4-8-15(14)23-16/h1-8H,9-11H2,(H2,19,20,22). The Morgan fingerprint density at radius 2 is 1.87 bits per heavy atom. The van der Waals surface area contributed by atoms with Crippen LogP contribution in [0.25, 0.3) is 10.2 Å². The van der Waals surface area contributed by atoms with Crippen LogP contribution >= 0.6 is 11.3 Å². The van der Waals surface area contributed by atoms with Gasteiger partial charge in [0.25, 0.3) is 0 Å². The van der Waals surface area contributed by atoms with Gasteiger partial charge in [-0.3, -0.25) is 0 Å². The molecule has 1 aromatic heterocycles. The molecule has 0 spiro atoms. The SMILES string of the molecule is O=C(NCCc1ccccc1F)NCc1nc2ccccc2s1. The minimum absolute atomic E-state index is 0.246. The van der Waals surface area contributed by atoms with Crippen molar-refractivity contribution in [3.05, 3.63) is 64.9 Å². The summed E-state index contributed by atoms with van der Waals surface area (Å²) in [7, 11) is 0. The van der Waals surface area contributed by atoms with E-state index in [-0.39, 0.29) is 11.8 Å². The second kappa shape index (κ2) is 7.19. The molecule has 0 aliphatic heterocycles. The van der Waals surface area contributed by atoms with Crippen molar-refractivity contribution in [2.75, 3.05) is 6.54 Å². The quantitative estimate of drug-likeness (QED) is 0.753. The fraction of sp³-hybridized carbons (Fsp3) is 0.176. The molecule has 1 heterocycles. The van der Waals surface area contributed by atoms with Crippen molar-refractivity contribution < 1.29 is 9.18 Å². The number of nitrogens with one attached hydrogen (secondary N) is 2. The minimum atomic E-state index is -0.277. The topological polar surface area (TPSA) is 54.0 Å². The van der Waals surface area contributed by atoms with E-state index in [0.29, 0.717) is 25.1 Å². The molecule has 2 amide bonds. The average molecular weight is 329 g/mol. The van der Waals surface area contributed by atoms with Crippen molar-refractivity contribution in [2.24, 2.45) is 0 Å². The van der Waals surface area contributed by atoms with Gasteiger partial charge in [0, 0.05) is 6.54 Å². The number of thiazole rings is 1. The lowest BCUT2D eigenvalue weighted by atomic mass is 10.1. The Bertz CT molecular complexity index is 785. The molecule has 4 nitrogen and oxygen atoms in total. The summed E-state index contributed by atoms with van der Waals surface area (Å²) in [4.78, 5) is 16.2. The molecule has 0 radical (unpaired) electrons. The van der Waals surface area contributed by atoms with E-state index in [2.05, 4.69) is 15.6 Å². The fourth-order valence-corrected chi connectivity index (χ4v) is 3.13. The lowest BCUT2D eigenvalue weighted by molar-refractivity contribution is 0.240. The first-order valence-corrected chi connectivity index (χ1v) is 8.13. The van der Waals surface area contributed by atoms with Crippen LogP contribution in [-0.2, 0) is 13.0 Å². The Balaban J connectivity index is 1.45.